The highest BCUT2D eigenvalue weighted by Gasteiger charge is 2.39. The van der Waals surface area contributed by atoms with E-state index in [1.807, 2.05) is 6.92 Å². The van der Waals surface area contributed by atoms with E-state index >= 15 is 0 Å². The first-order valence-corrected chi connectivity index (χ1v) is 12.5. The van der Waals surface area contributed by atoms with Gasteiger partial charge >= 0.3 is 5.97 Å². The molecule has 1 aliphatic heterocycles. The number of aromatic amines is 1. The van der Waals surface area contributed by atoms with Crippen LogP contribution in [0, 0.1) is 5.92 Å². The predicted molar refractivity (Wildman–Crippen MR) is 136 cm³/mol. The first-order chi connectivity index (χ1) is 17.5. The molecule has 0 radical (unpaired) electrons. The summed E-state index contributed by atoms with van der Waals surface area (Å²) in [5.41, 5.74) is 17.5. The molecule has 1 aromatic heterocycles. The summed E-state index contributed by atoms with van der Waals surface area (Å²) in [5.74, 6) is -3.00. The SMILES string of the molecule is CCC(C)C(NC(=O)C1CCCN1C(=O)C(CCCN=C(N)N)NC(=O)C(N)Cc1cnc[nH]1)C(=O)O. The van der Waals surface area contributed by atoms with E-state index in [2.05, 4.69) is 25.6 Å². The minimum atomic E-state index is -1.13. The molecular formula is C23H39N9O5. The Morgan fingerprint density at radius 1 is 1.30 bits per heavy atom. The zero-order valence-electron chi connectivity index (χ0n) is 21.4. The van der Waals surface area contributed by atoms with Crippen molar-refractivity contribution in [2.75, 3.05) is 13.1 Å². The van der Waals surface area contributed by atoms with Crippen molar-refractivity contribution in [1.29, 1.82) is 0 Å². The second-order valence-electron chi connectivity index (χ2n) is 9.30. The molecule has 0 saturated carbocycles. The number of aliphatic carboxylic acids is 1. The van der Waals surface area contributed by atoms with Crippen molar-refractivity contribution in [1.82, 2.24) is 25.5 Å². The average Bonchev–Trinajstić information content (AvgIpc) is 3.55. The topological polar surface area (TPSA) is 235 Å². The number of H-pyrrole nitrogens is 1. The first-order valence-electron chi connectivity index (χ1n) is 12.5. The van der Waals surface area contributed by atoms with Crippen LogP contribution in [0.3, 0.4) is 0 Å². The van der Waals surface area contributed by atoms with Crippen LogP contribution in [0.1, 0.15) is 51.6 Å². The monoisotopic (exact) mass is 521 g/mol. The summed E-state index contributed by atoms with van der Waals surface area (Å²) in [6.45, 7) is 4.13. The molecule has 14 nitrogen and oxygen atoms in total. The molecule has 37 heavy (non-hydrogen) atoms. The summed E-state index contributed by atoms with van der Waals surface area (Å²) in [5, 5.41) is 14.8. The van der Waals surface area contributed by atoms with Crippen LogP contribution in [0.5, 0.6) is 0 Å². The Morgan fingerprint density at radius 2 is 2.03 bits per heavy atom. The van der Waals surface area contributed by atoms with Crippen LogP contribution in [0.15, 0.2) is 17.5 Å². The Morgan fingerprint density at radius 3 is 2.62 bits per heavy atom. The van der Waals surface area contributed by atoms with Gasteiger partial charge in [0.15, 0.2) is 5.96 Å². The largest absolute Gasteiger partial charge is 0.480 e. The lowest BCUT2D eigenvalue weighted by molar-refractivity contribution is -0.146. The zero-order valence-corrected chi connectivity index (χ0v) is 21.4. The number of aliphatic imine (C=N–C) groups is 1. The maximum absolute atomic E-state index is 13.5. The molecule has 14 heteroatoms. The van der Waals surface area contributed by atoms with Crippen LogP contribution in [0.4, 0.5) is 0 Å². The zero-order chi connectivity index (χ0) is 27.5. The van der Waals surface area contributed by atoms with E-state index in [0.717, 1.165) is 0 Å². The van der Waals surface area contributed by atoms with Crippen LogP contribution >= 0.6 is 0 Å². The highest BCUT2D eigenvalue weighted by atomic mass is 16.4. The summed E-state index contributed by atoms with van der Waals surface area (Å²) < 4.78 is 0. The number of nitrogens with one attached hydrogen (secondary N) is 3. The summed E-state index contributed by atoms with van der Waals surface area (Å²) in [6.07, 6.45) is 5.36. The van der Waals surface area contributed by atoms with Crippen molar-refractivity contribution in [3.8, 4) is 0 Å². The number of nitrogens with zero attached hydrogens (tertiary/aromatic N) is 3. The van der Waals surface area contributed by atoms with Gasteiger partial charge in [0.25, 0.3) is 0 Å². The molecular weight excluding hydrogens is 482 g/mol. The minimum absolute atomic E-state index is 0.0842. The minimum Gasteiger partial charge on any atom is -0.480 e. The molecule has 1 fully saturated rings. The van der Waals surface area contributed by atoms with Gasteiger partial charge in [-0.2, -0.15) is 0 Å². The van der Waals surface area contributed by atoms with E-state index in [1.165, 1.54) is 11.2 Å². The molecule has 1 aromatic rings. The molecule has 1 saturated heterocycles. The number of amides is 3. The maximum Gasteiger partial charge on any atom is 0.326 e. The van der Waals surface area contributed by atoms with Crippen molar-refractivity contribution in [2.45, 2.75) is 76.5 Å². The summed E-state index contributed by atoms with van der Waals surface area (Å²) in [6, 6.07) is -3.80. The fourth-order valence-electron chi connectivity index (χ4n) is 4.20. The van der Waals surface area contributed by atoms with Crippen LogP contribution in [-0.4, -0.2) is 86.9 Å². The van der Waals surface area contributed by atoms with Gasteiger partial charge in [0.1, 0.15) is 18.1 Å². The van der Waals surface area contributed by atoms with Gasteiger partial charge in [0, 0.05) is 31.4 Å². The van der Waals surface area contributed by atoms with Gasteiger partial charge < -0.3 is 42.8 Å². The van der Waals surface area contributed by atoms with Crippen molar-refractivity contribution in [2.24, 2.45) is 28.1 Å². The molecule has 5 unspecified atom stereocenters. The number of likely N-dealkylation sites (tertiary alicyclic amines) is 1. The molecule has 0 aliphatic carbocycles. The first kappa shape index (κ1) is 29.5. The Labute approximate surface area is 215 Å². The van der Waals surface area contributed by atoms with E-state index < -0.39 is 47.9 Å². The molecule has 5 atom stereocenters. The third-order valence-electron chi connectivity index (χ3n) is 6.51. The van der Waals surface area contributed by atoms with Gasteiger partial charge in [-0.3, -0.25) is 19.4 Å². The van der Waals surface area contributed by atoms with Gasteiger partial charge in [-0.25, -0.2) is 9.78 Å². The number of guanidine groups is 1. The predicted octanol–water partition coefficient (Wildman–Crippen LogP) is -1.58. The third kappa shape index (κ3) is 8.74. The van der Waals surface area contributed by atoms with Crippen LogP contribution in [0.25, 0.3) is 0 Å². The number of carboxylic acid groups (broad SMARTS) is 1. The standard InChI is InChI=1S/C23H39N9O5/c1-3-13(2)18(22(36)37)31-20(34)17-7-5-9-32(17)21(35)16(6-4-8-28-23(25)26)30-19(33)15(24)10-14-11-27-12-29-14/h11-13,15-18H,3-10,24H2,1-2H3,(H,27,29)(H,30,33)(H,31,34)(H,36,37)(H4,25,26,28). The lowest BCUT2D eigenvalue weighted by Crippen LogP contribution is -2.57. The van der Waals surface area contributed by atoms with Crippen LogP contribution < -0.4 is 27.8 Å². The quantitative estimate of drug-likeness (QED) is 0.0848. The number of carbonyl (C=O) groups excluding carboxylic acids is 3. The molecule has 3 amide bonds. The molecule has 10 N–H and O–H groups in total. The Bertz CT molecular complexity index is 948. The number of nitrogens with two attached hydrogens (primary N) is 3. The van der Waals surface area contributed by atoms with Crippen LogP contribution in [0.2, 0.25) is 0 Å². The number of imidazole rings is 1. The molecule has 206 valence electrons. The van der Waals surface area contributed by atoms with Gasteiger partial charge in [-0.05, 0) is 31.6 Å². The number of carbonyl (C=O) groups is 4. The maximum atomic E-state index is 13.5. The van der Waals surface area contributed by atoms with Gasteiger partial charge in [-0.1, -0.05) is 20.3 Å². The van der Waals surface area contributed by atoms with Gasteiger partial charge in [0.05, 0.1) is 12.4 Å². The number of hydrogen-bond donors (Lipinski definition) is 7. The smallest absolute Gasteiger partial charge is 0.326 e. The molecule has 0 bridgehead atoms. The fourth-order valence-corrected chi connectivity index (χ4v) is 4.20. The lowest BCUT2D eigenvalue weighted by Gasteiger charge is -2.30. The second-order valence-corrected chi connectivity index (χ2v) is 9.30. The van der Waals surface area contributed by atoms with E-state index in [0.29, 0.717) is 37.9 Å². The average molecular weight is 522 g/mol. The normalized spacial score (nSPS) is 18.4. The Kier molecular flexibility index (Phi) is 11.3. The van der Waals surface area contributed by atoms with E-state index in [4.69, 9.17) is 17.2 Å². The van der Waals surface area contributed by atoms with Gasteiger partial charge in [-0.15, -0.1) is 0 Å². The van der Waals surface area contributed by atoms with E-state index in [-0.39, 0.29) is 31.3 Å². The number of rotatable bonds is 14. The van der Waals surface area contributed by atoms with Crippen molar-refractivity contribution in [3.05, 3.63) is 18.2 Å². The van der Waals surface area contributed by atoms with Crippen molar-refractivity contribution < 1.29 is 24.3 Å². The Hall–Kier alpha value is -3.68. The van der Waals surface area contributed by atoms with Crippen LogP contribution in [-0.2, 0) is 25.6 Å². The fraction of sp³-hybridized carbons (Fsp3) is 0.652. The highest BCUT2D eigenvalue weighted by molar-refractivity contribution is 5.94. The number of hydrogen-bond acceptors (Lipinski definition) is 7. The summed E-state index contributed by atoms with van der Waals surface area (Å²) in [4.78, 5) is 63.2. The highest BCUT2D eigenvalue weighted by Crippen LogP contribution is 2.21. The molecule has 1 aliphatic rings. The van der Waals surface area contributed by atoms with E-state index in [1.54, 1.807) is 13.1 Å². The Balaban J connectivity index is 2.14. The summed E-state index contributed by atoms with van der Waals surface area (Å²) >= 11 is 0. The van der Waals surface area contributed by atoms with E-state index in [9.17, 15) is 24.3 Å². The summed E-state index contributed by atoms with van der Waals surface area (Å²) in [7, 11) is 0. The molecule has 2 heterocycles. The van der Waals surface area contributed by atoms with Crippen molar-refractivity contribution in [3.63, 3.8) is 0 Å². The molecule has 0 spiro atoms. The second kappa shape index (κ2) is 14.2. The number of aromatic nitrogens is 2. The van der Waals surface area contributed by atoms with Crippen molar-refractivity contribution >= 4 is 29.7 Å². The molecule has 2 rings (SSSR count). The van der Waals surface area contributed by atoms with Gasteiger partial charge in [0.2, 0.25) is 17.7 Å². The number of carboxylic acids is 1. The lowest BCUT2D eigenvalue weighted by atomic mass is 9.98. The molecule has 0 aromatic carbocycles. The third-order valence-corrected chi connectivity index (χ3v) is 6.51.